The van der Waals surface area contributed by atoms with E-state index in [1.54, 1.807) is 0 Å². The number of aromatic nitrogens is 2. The first-order valence-electron chi connectivity index (χ1n) is 8.19. The zero-order chi connectivity index (χ0) is 16.4. The molecule has 1 aliphatic rings. The Labute approximate surface area is 146 Å². The van der Waals surface area contributed by atoms with Gasteiger partial charge < -0.3 is 10.2 Å². The van der Waals surface area contributed by atoms with Crippen LogP contribution in [0.15, 0.2) is 28.7 Å². The van der Waals surface area contributed by atoms with E-state index in [1.165, 1.54) is 11.1 Å². The summed E-state index contributed by atoms with van der Waals surface area (Å²) in [7, 11) is 0. The molecule has 0 spiro atoms. The molecule has 0 radical (unpaired) electrons. The van der Waals surface area contributed by atoms with Crippen LogP contribution in [0.2, 0.25) is 0 Å². The highest BCUT2D eigenvalue weighted by Crippen LogP contribution is 2.26. The molecule has 0 unspecified atom stereocenters. The van der Waals surface area contributed by atoms with E-state index >= 15 is 0 Å². The zero-order valence-corrected chi connectivity index (χ0v) is 15.5. The summed E-state index contributed by atoms with van der Waals surface area (Å²) < 4.78 is 1.14. The third-order valence-corrected chi connectivity index (χ3v) is 4.83. The number of halogens is 1. The second-order valence-electron chi connectivity index (χ2n) is 6.23. The summed E-state index contributed by atoms with van der Waals surface area (Å²) >= 11 is 3.57. The molecule has 1 N–H and O–H groups in total. The summed E-state index contributed by atoms with van der Waals surface area (Å²) in [4.78, 5) is 11.6. The Morgan fingerprint density at radius 2 is 2.09 bits per heavy atom. The molecule has 1 aromatic carbocycles. The number of hydrogen-bond donors (Lipinski definition) is 1. The quantitative estimate of drug-likeness (QED) is 0.864. The summed E-state index contributed by atoms with van der Waals surface area (Å²) in [6.07, 6.45) is 2.11. The van der Waals surface area contributed by atoms with Gasteiger partial charge in [0.2, 0.25) is 5.95 Å². The molecule has 0 fully saturated rings. The number of nitrogens with one attached hydrogen (secondary N) is 1. The molecule has 2 aromatic rings. The molecule has 5 heteroatoms. The summed E-state index contributed by atoms with van der Waals surface area (Å²) in [6, 6.07) is 9.01. The molecule has 0 bridgehead atoms. The van der Waals surface area contributed by atoms with Crippen LogP contribution in [0, 0.1) is 6.92 Å². The van der Waals surface area contributed by atoms with Crippen LogP contribution in [-0.2, 0) is 13.0 Å². The van der Waals surface area contributed by atoms with Crippen molar-refractivity contribution < 1.29 is 0 Å². The van der Waals surface area contributed by atoms with Gasteiger partial charge in [0, 0.05) is 35.4 Å². The number of anilines is 2. The van der Waals surface area contributed by atoms with Crippen molar-refractivity contribution >= 4 is 27.7 Å². The van der Waals surface area contributed by atoms with Crippen LogP contribution < -0.4 is 10.2 Å². The van der Waals surface area contributed by atoms with Crippen LogP contribution in [-0.4, -0.2) is 22.6 Å². The average molecular weight is 375 g/mol. The lowest BCUT2D eigenvalue weighted by Crippen LogP contribution is -2.31. The Hall–Kier alpha value is -1.62. The first-order valence-corrected chi connectivity index (χ1v) is 8.99. The number of fused-ring (bicyclic) bond motifs is 1. The summed E-state index contributed by atoms with van der Waals surface area (Å²) in [6.45, 7) is 8.23. The van der Waals surface area contributed by atoms with Gasteiger partial charge in [-0.25, -0.2) is 4.98 Å². The Bertz CT molecular complexity index is 701. The highest BCUT2D eigenvalue weighted by Gasteiger charge is 2.19. The van der Waals surface area contributed by atoms with Gasteiger partial charge in [0.15, 0.2) is 0 Å². The minimum absolute atomic E-state index is 0.377. The van der Waals surface area contributed by atoms with E-state index in [-0.39, 0.29) is 0 Å². The van der Waals surface area contributed by atoms with Crippen molar-refractivity contribution in [2.24, 2.45) is 0 Å². The van der Waals surface area contributed by atoms with Crippen LogP contribution in [0.5, 0.6) is 0 Å². The van der Waals surface area contributed by atoms with Gasteiger partial charge in [0.1, 0.15) is 5.82 Å². The molecule has 0 aliphatic carbocycles. The number of hydrogen-bond acceptors (Lipinski definition) is 4. The predicted molar refractivity (Wildman–Crippen MR) is 99.0 cm³/mol. The van der Waals surface area contributed by atoms with Crippen molar-refractivity contribution in [1.82, 2.24) is 9.97 Å². The van der Waals surface area contributed by atoms with Crippen LogP contribution in [0.3, 0.4) is 0 Å². The molecule has 1 atom stereocenters. The summed E-state index contributed by atoms with van der Waals surface area (Å²) in [5.74, 6) is 1.74. The van der Waals surface area contributed by atoms with Crippen molar-refractivity contribution in [2.45, 2.75) is 46.2 Å². The predicted octanol–water partition coefficient (Wildman–Crippen LogP) is 4.32. The standard InChI is InChI=1S/C18H23BrN4/c1-4-12(2)20-18-21-13(3)9-17(22-18)23-8-7-14-5-6-16(19)10-15(14)11-23/h5-6,9-10,12H,4,7-8,11H2,1-3H3,(H,20,21,22)/t12-/m0/s1. The molecular weight excluding hydrogens is 352 g/mol. The van der Waals surface area contributed by atoms with Crippen LogP contribution in [0.4, 0.5) is 11.8 Å². The Morgan fingerprint density at radius 3 is 2.87 bits per heavy atom. The van der Waals surface area contributed by atoms with Crippen LogP contribution >= 0.6 is 15.9 Å². The molecule has 122 valence electrons. The second-order valence-corrected chi connectivity index (χ2v) is 7.15. The summed E-state index contributed by atoms with van der Waals surface area (Å²) in [5, 5.41) is 3.38. The highest BCUT2D eigenvalue weighted by atomic mass is 79.9. The Morgan fingerprint density at radius 1 is 1.26 bits per heavy atom. The first-order chi connectivity index (χ1) is 11.0. The van der Waals surface area contributed by atoms with Crippen LogP contribution in [0.25, 0.3) is 0 Å². The highest BCUT2D eigenvalue weighted by molar-refractivity contribution is 9.10. The lowest BCUT2D eigenvalue weighted by molar-refractivity contribution is 0.713. The molecule has 1 aliphatic heterocycles. The fourth-order valence-corrected chi connectivity index (χ4v) is 3.23. The SMILES string of the molecule is CC[C@H](C)Nc1nc(C)cc(N2CCc3ccc(Br)cc3C2)n1. The van der Waals surface area contributed by atoms with Gasteiger partial charge in [0.05, 0.1) is 0 Å². The van der Waals surface area contributed by atoms with E-state index < -0.39 is 0 Å². The van der Waals surface area contributed by atoms with Gasteiger partial charge >= 0.3 is 0 Å². The van der Waals surface area contributed by atoms with Crippen LogP contribution in [0.1, 0.15) is 37.1 Å². The molecule has 0 amide bonds. The smallest absolute Gasteiger partial charge is 0.225 e. The Balaban J connectivity index is 1.84. The maximum Gasteiger partial charge on any atom is 0.225 e. The van der Waals surface area contributed by atoms with Crippen molar-refractivity contribution in [1.29, 1.82) is 0 Å². The minimum Gasteiger partial charge on any atom is -0.352 e. The van der Waals surface area contributed by atoms with Crippen molar-refractivity contribution in [3.63, 3.8) is 0 Å². The molecule has 23 heavy (non-hydrogen) atoms. The largest absolute Gasteiger partial charge is 0.352 e. The van der Waals surface area contributed by atoms with Crippen molar-refractivity contribution in [3.8, 4) is 0 Å². The number of benzene rings is 1. The molecular formula is C18H23BrN4. The number of aryl methyl sites for hydroxylation is 1. The lowest BCUT2D eigenvalue weighted by Gasteiger charge is -2.30. The summed E-state index contributed by atoms with van der Waals surface area (Å²) in [5.41, 5.74) is 3.81. The second kappa shape index (κ2) is 6.87. The minimum atomic E-state index is 0.377. The zero-order valence-electron chi connectivity index (χ0n) is 13.9. The lowest BCUT2D eigenvalue weighted by atomic mass is 10.00. The van der Waals surface area contributed by atoms with E-state index in [0.717, 1.165) is 47.9 Å². The fourth-order valence-electron chi connectivity index (χ4n) is 2.82. The van der Waals surface area contributed by atoms with E-state index in [2.05, 4.69) is 69.2 Å². The maximum atomic E-state index is 4.73. The average Bonchev–Trinajstić information content (AvgIpc) is 2.53. The molecule has 1 aromatic heterocycles. The van der Waals surface area contributed by atoms with E-state index in [0.29, 0.717) is 6.04 Å². The first kappa shape index (κ1) is 16.2. The molecule has 4 nitrogen and oxygen atoms in total. The topological polar surface area (TPSA) is 41.1 Å². The number of nitrogens with zero attached hydrogens (tertiary/aromatic N) is 3. The van der Waals surface area contributed by atoms with Gasteiger partial charge in [0.25, 0.3) is 0 Å². The van der Waals surface area contributed by atoms with Gasteiger partial charge in [-0.1, -0.05) is 28.9 Å². The van der Waals surface area contributed by atoms with Gasteiger partial charge in [-0.2, -0.15) is 4.98 Å². The monoisotopic (exact) mass is 374 g/mol. The van der Waals surface area contributed by atoms with Gasteiger partial charge in [-0.3, -0.25) is 0 Å². The van der Waals surface area contributed by atoms with Gasteiger partial charge in [-0.05, 0) is 49.9 Å². The molecule has 3 rings (SSSR count). The molecule has 0 saturated heterocycles. The van der Waals surface area contributed by atoms with E-state index in [9.17, 15) is 0 Å². The van der Waals surface area contributed by atoms with Crippen molar-refractivity contribution in [2.75, 3.05) is 16.8 Å². The Kier molecular flexibility index (Phi) is 4.85. The van der Waals surface area contributed by atoms with Gasteiger partial charge in [-0.15, -0.1) is 0 Å². The van der Waals surface area contributed by atoms with Crippen molar-refractivity contribution in [3.05, 3.63) is 45.6 Å². The normalized spacial score (nSPS) is 15.2. The number of rotatable bonds is 4. The van der Waals surface area contributed by atoms with E-state index in [4.69, 9.17) is 4.98 Å². The molecule has 2 heterocycles. The third kappa shape index (κ3) is 3.83. The fraction of sp³-hybridized carbons (Fsp3) is 0.444. The maximum absolute atomic E-state index is 4.73. The molecule has 0 saturated carbocycles. The van der Waals surface area contributed by atoms with E-state index in [1.807, 2.05) is 6.92 Å². The third-order valence-electron chi connectivity index (χ3n) is 4.33.